The summed E-state index contributed by atoms with van der Waals surface area (Å²) in [5, 5.41) is 3.02. The lowest BCUT2D eigenvalue weighted by Crippen LogP contribution is -2.32. The zero-order valence-electron chi connectivity index (χ0n) is 14.4. The first-order valence-electron chi connectivity index (χ1n) is 7.43. The number of methoxy groups -OCH3 is 3. The molecular formula is C17H19NO7. The number of carbonyl (C=O) groups excluding carboxylic acids is 2. The molecule has 134 valence electrons. The predicted molar refractivity (Wildman–Crippen MR) is 89.1 cm³/mol. The van der Waals surface area contributed by atoms with Crippen LogP contribution in [0.2, 0.25) is 0 Å². The number of hydrogen-bond donors (Lipinski definition) is 1. The molecular weight excluding hydrogens is 330 g/mol. The van der Waals surface area contributed by atoms with Crippen molar-refractivity contribution >= 4 is 22.8 Å². The summed E-state index contributed by atoms with van der Waals surface area (Å²) < 4.78 is 20.3. The van der Waals surface area contributed by atoms with Crippen molar-refractivity contribution in [1.82, 2.24) is 5.32 Å². The van der Waals surface area contributed by atoms with Crippen LogP contribution < -0.4 is 20.4 Å². The number of esters is 1. The van der Waals surface area contributed by atoms with Gasteiger partial charge in [-0.1, -0.05) is 0 Å². The lowest BCUT2D eigenvalue weighted by atomic mass is 10.0. The molecule has 1 aromatic heterocycles. The van der Waals surface area contributed by atoms with Gasteiger partial charge in [0.25, 0.3) is 0 Å². The van der Waals surface area contributed by atoms with Crippen LogP contribution in [0.25, 0.3) is 11.0 Å². The van der Waals surface area contributed by atoms with Crippen molar-refractivity contribution in [1.29, 1.82) is 0 Å². The van der Waals surface area contributed by atoms with E-state index in [4.69, 9.17) is 13.9 Å². The fourth-order valence-corrected chi connectivity index (χ4v) is 2.44. The number of aryl methyl sites for hydroxylation is 1. The van der Waals surface area contributed by atoms with Crippen LogP contribution >= 0.6 is 0 Å². The molecule has 0 unspecified atom stereocenters. The summed E-state index contributed by atoms with van der Waals surface area (Å²) >= 11 is 0. The van der Waals surface area contributed by atoms with Crippen molar-refractivity contribution in [3.05, 3.63) is 33.7 Å². The highest BCUT2D eigenvalue weighted by Gasteiger charge is 2.19. The zero-order valence-corrected chi connectivity index (χ0v) is 14.4. The Balaban J connectivity index is 2.41. The van der Waals surface area contributed by atoms with E-state index in [1.807, 2.05) is 0 Å². The van der Waals surface area contributed by atoms with E-state index >= 15 is 0 Å². The van der Waals surface area contributed by atoms with Crippen LogP contribution in [0.3, 0.4) is 0 Å². The first kappa shape index (κ1) is 18.3. The summed E-state index contributed by atoms with van der Waals surface area (Å²) in [5.41, 5.74) is 0.412. The van der Waals surface area contributed by atoms with Gasteiger partial charge in [0.15, 0.2) is 11.3 Å². The van der Waals surface area contributed by atoms with E-state index in [1.54, 1.807) is 19.1 Å². The standard InChI is InChI=1S/C17H19NO7/c1-9-10-5-6-12(22-2)16(24-4)15(10)25-17(21)11(9)7-13(19)18-8-14(20)23-3/h5-6H,7-8H2,1-4H3,(H,18,19). The molecule has 1 heterocycles. The highest BCUT2D eigenvalue weighted by molar-refractivity contribution is 5.90. The molecule has 2 aromatic rings. The molecule has 0 radical (unpaired) electrons. The van der Waals surface area contributed by atoms with Gasteiger partial charge >= 0.3 is 11.6 Å². The largest absolute Gasteiger partial charge is 0.493 e. The van der Waals surface area contributed by atoms with Crippen molar-refractivity contribution < 1.29 is 28.2 Å². The van der Waals surface area contributed by atoms with Crippen molar-refractivity contribution in [3.63, 3.8) is 0 Å². The Morgan fingerprint density at radius 3 is 2.48 bits per heavy atom. The third-order valence-electron chi connectivity index (χ3n) is 3.79. The number of hydrogen-bond acceptors (Lipinski definition) is 7. The second kappa shape index (κ2) is 7.69. The molecule has 8 nitrogen and oxygen atoms in total. The van der Waals surface area contributed by atoms with E-state index in [-0.39, 0.29) is 24.1 Å². The number of amides is 1. The van der Waals surface area contributed by atoms with E-state index in [0.29, 0.717) is 22.4 Å². The van der Waals surface area contributed by atoms with E-state index < -0.39 is 17.5 Å². The number of rotatable bonds is 6. The molecule has 0 aliphatic heterocycles. The summed E-state index contributed by atoms with van der Waals surface area (Å²) in [7, 11) is 4.15. The Morgan fingerprint density at radius 2 is 1.88 bits per heavy atom. The smallest absolute Gasteiger partial charge is 0.340 e. The highest BCUT2D eigenvalue weighted by atomic mass is 16.5. The maximum absolute atomic E-state index is 12.3. The average Bonchev–Trinajstić information content (AvgIpc) is 2.61. The molecule has 8 heteroatoms. The first-order valence-corrected chi connectivity index (χ1v) is 7.43. The second-order valence-corrected chi connectivity index (χ2v) is 5.20. The minimum atomic E-state index is -0.648. The monoisotopic (exact) mass is 349 g/mol. The summed E-state index contributed by atoms with van der Waals surface area (Å²) in [4.78, 5) is 35.3. The molecule has 0 atom stereocenters. The van der Waals surface area contributed by atoms with Crippen molar-refractivity contribution in [2.45, 2.75) is 13.3 Å². The summed E-state index contributed by atoms with van der Waals surface area (Å²) in [6.45, 7) is 1.45. The van der Waals surface area contributed by atoms with Gasteiger partial charge in [0, 0.05) is 5.39 Å². The fourth-order valence-electron chi connectivity index (χ4n) is 2.44. The number of carbonyl (C=O) groups is 2. The van der Waals surface area contributed by atoms with Crippen molar-refractivity contribution in [2.24, 2.45) is 0 Å². The van der Waals surface area contributed by atoms with Crippen LogP contribution in [0.1, 0.15) is 11.1 Å². The number of ether oxygens (including phenoxy) is 3. The van der Waals surface area contributed by atoms with Gasteiger partial charge in [-0.15, -0.1) is 0 Å². The van der Waals surface area contributed by atoms with Crippen LogP contribution in [0, 0.1) is 6.92 Å². The Hall–Kier alpha value is -3.03. The van der Waals surface area contributed by atoms with Gasteiger partial charge in [-0.3, -0.25) is 9.59 Å². The highest BCUT2D eigenvalue weighted by Crippen LogP contribution is 2.36. The van der Waals surface area contributed by atoms with Gasteiger partial charge < -0.3 is 23.9 Å². The molecule has 2 rings (SSSR count). The van der Waals surface area contributed by atoms with Crippen LogP contribution in [-0.2, 0) is 20.7 Å². The lowest BCUT2D eigenvalue weighted by Gasteiger charge is -2.12. The number of fused-ring (bicyclic) bond motifs is 1. The molecule has 1 aromatic carbocycles. The van der Waals surface area contributed by atoms with Gasteiger partial charge in [0.2, 0.25) is 11.7 Å². The van der Waals surface area contributed by atoms with Crippen molar-refractivity contribution in [2.75, 3.05) is 27.9 Å². The van der Waals surface area contributed by atoms with E-state index in [1.165, 1.54) is 21.3 Å². The second-order valence-electron chi connectivity index (χ2n) is 5.20. The Morgan fingerprint density at radius 1 is 1.16 bits per heavy atom. The quantitative estimate of drug-likeness (QED) is 0.611. The molecule has 0 bridgehead atoms. The summed E-state index contributed by atoms with van der Waals surface area (Å²) in [6, 6.07) is 3.42. The normalized spacial score (nSPS) is 10.4. The average molecular weight is 349 g/mol. The van der Waals surface area contributed by atoms with Gasteiger partial charge in [0.1, 0.15) is 6.54 Å². The van der Waals surface area contributed by atoms with Crippen LogP contribution in [0.4, 0.5) is 0 Å². The molecule has 25 heavy (non-hydrogen) atoms. The molecule has 0 aliphatic carbocycles. The predicted octanol–water partition coefficient (Wildman–Crippen LogP) is 0.950. The maximum Gasteiger partial charge on any atom is 0.340 e. The molecule has 0 spiro atoms. The van der Waals surface area contributed by atoms with E-state index in [9.17, 15) is 14.4 Å². The first-order chi connectivity index (χ1) is 11.9. The number of nitrogens with one attached hydrogen (secondary N) is 1. The molecule has 0 saturated carbocycles. The summed E-state index contributed by atoms with van der Waals surface area (Å²) in [6.07, 6.45) is -0.213. The maximum atomic E-state index is 12.3. The van der Waals surface area contributed by atoms with E-state index in [0.717, 1.165) is 0 Å². The SMILES string of the molecule is COC(=O)CNC(=O)Cc1c(C)c2ccc(OC)c(OC)c2oc1=O. The van der Waals surface area contributed by atoms with Crippen LogP contribution in [-0.4, -0.2) is 39.8 Å². The van der Waals surface area contributed by atoms with Crippen molar-refractivity contribution in [3.8, 4) is 11.5 Å². The molecule has 0 aliphatic rings. The molecule has 1 N–H and O–H groups in total. The topological polar surface area (TPSA) is 104 Å². The van der Waals surface area contributed by atoms with Gasteiger partial charge in [0.05, 0.1) is 33.3 Å². The Labute approximate surface area is 143 Å². The minimum Gasteiger partial charge on any atom is -0.493 e. The number of benzene rings is 1. The molecule has 0 fully saturated rings. The minimum absolute atomic E-state index is 0.210. The van der Waals surface area contributed by atoms with E-state index in [2.05, 4.69) is 10.1 Å². The van der Waals surface area contributed by atoms with Gasteiger partial charge in [-0.05, 0) is 24.6 Å². The third-order valence-corrected chi connectivity index (χ3v) is 3.79. The molecule has 1 amide bonds. The third kappa shape index (κ3) is 3.73. The Kier molecular flexibility index (Phi) is 5.63. The lowest BCUT2D eigenvalue weighted by molar-refractivity contribution is -0.141. The van der Waals surface area contributed by atoms with Crippen LogP contribution in [0.5, 0.6) is 11.5 Å². The fraction of sp³-hybridized carbons (Fsp3) is 0.353. The van der Waals surface area contributed by atoms with Crippen LogP contribution in [0.15, 0.2) is 21.3 Å². The van der Waals surface area contributed by atoms with Gasteiger partial charge in [-0.25, -0.2) is 4.79 Å². The molecule has 0 saturated heterocycles. The zero-order chi connectivity index (χ0) is 18.6. The summed E-state index contributed by atoms with van der Waals surface area (Å²) in [5.74, 6) is -0.323. The Bertz CT molecular complexity index is 869. The van der Waals surface area contributed by atoms with Gasteiger partial charge in [-0.2, -0.15) is 0 Å².